The maximum Gasteiger partial charge on any atom is 0.0328 e. The molecule has 0 amide bonds. The fourth-order valence-electron chi connectivity index (χ4n) is 2.98. The lowest BCUT2D eigenvalue weighted by Gasteiger charge is -2.40. The Kier molecular flexibility index (Phi) is 4.82. The molecule has 2 N–H and O–H groups in total. The number of thiophene rings is 1. The minimum Gasteiger partial charge on any atom is -0.326 e. The molecule has 1 fully saturated rings. The molecule has 0 radical (unpaired) electrons. The lowest BCUT2D eigenvalue weighted by molar-refractivity contribution is 0.0915. The molecule has 2 rings (SSSR count). The van der Waals surface area contributed by atoms with Crippen molar-refractivity contribution in [2.24, 2.45) is 11.1 Å². The summed E-state index contributed by atoms with van der Waals surface area (Å²) in [6.45, 7) is 9.03. The van der Waals surface area contributed by atoms with Crippen LogP contribution in [-0.2, 0) is 13.1 Å². The van der Waals surface area contributed by atoms with Crippen LogP contribution in [-0.4, -0.2) is 18.0 Å². The Balaban J connectivity index is 1.86. The van der Waals surface area contributed by atoms with Crippen LogP contribution in [0.3, 0.4) is 0 Å². The fraction of sp³-hybridized carbons (Fsp3) is 0.733. The molecule has 1 aliphatic heterocycles. The van der Waals surface area contributed by atoms with E-state index in [0.717, 1.165) is 6.54 Å². The van der Waals surface area contributed by atoms with E-state index in [4.69, 9.17) is 5.73 Å². The van der Waals surface area contributed by atoms with Gasteiger partial charge >= 0.3 is 0 Å². The zero-order chi connectivity index (χ0) is 13.0. The molecule has 0 spiro atoms. The molecule has 0 saturated carbocycles. The van der Waals surface area contributed by atoms with Crippen molar-refractivity contribution in [2.45, 2.75) is 52.6 Å². The summed E-state index contributed by atoms with van der Waals surface area (Å²) in [7, 11) is 0. The van der Waals surface area contributed by atoms with Crippen molar-refractivity contribution >= 4 is 11.3 Å². The van der Waals surface area contributed by atoms with Crippen molar-refractivity contribution in [1.29, 1.82) is 0 Å². The standard InChI is InChI=1S/C15H26N2S/c1-3-15(4-2)7-9-17(10-8-15)12-14-6-5-13(11-16)18-14/h5-6H,3-4,7-12,16H2,1-2H3. The Bertz CT molecular complexity index is 358. The van der Waals surface area contributed by atoms with Gasteiger partial charge in [-0.2, -0.15) is 0 Å². The maximum absolute atomic E-state index is 5.66. The fourth-order valence-corrected chi connectivity index (χ4v) is 3.92. The lowest BCUT2D eigenvalue weighted by Crippen LogP contribution is -2.38. The molecule has 1 aromatic heterocycles. The minimum atomic E-state index is 0.633. The van der Waals surface area contributed by atoms with Gasteiger partial charge in [-0.25, -0.2) is 0 Å². The van der Waals surface area contributed by atoms with Crippen molar-refractivity contribution in [2.75, 3.05) is 13.1 Å². The first-order valence-electron chi connectivity index (χ1n) is 7.21. The summed E-state index contributed by atoms with van der Waals surface area (Å²) in [6, 6.07) is 4.42. The van der Waals surface area contributed by atoms with Crippen LogP contribution in [0.15, 0.2) is 12.1 Å². The van der Waals surface area contributed by atoms with Gasteiger partial charge in [0.25, 0.3) is 0 Å². The molecule has 18 heavy (non-hydrogen) atoms. The Hall–Kier alpha value is -0.380. The van der Waals surface area contributed by atoms with Crippen LogP contribution in [0.4, 0.5) is 0 Å². The molecule has 3 heteroatoms. The molecule has 0 aliphatic carbocycles. The molecule has 0 aromatic carbocycles. The highest BCUT2D eigenvalue weighted by molar-refractivity contribution is 7.11. The third kappa shape index (κ3) is 3.14. The van der Waals surface area contributed by atoms with Crippen LogP contribution >= 0.6 is 11.3 Å². The van der Waals surface area contributed by atoms with E-state index in [2.05, 4.69) is 30.9 Å². The Morgan fingerprint density at radius 1 is 1.17 bits per heavy atom. The predicted octanol–water partition coefficient (Wildman–Crippen LogP) is 3.61. The summed E-state index contributed by atoms with van der Waals surface area (Å²) < 4.78 is 0. The molecule has 2 nitrogen and oxygen atoms in total. The van der Waals surface area contributed by atoms with E-state index < -0.39 is 0 Å². The topological polar surface area (TPSA) is 29.3 Å². The van der Waals surface area contributed by atoms with Gasteiger partial charge in [-0.1, -0.05) is 26.7 Å². The summed E-state index contributed by atoms with van der Waals surface area (Å²) in [5, 5.41) is 0. The van der Waals surface area contributed by atoms with Crippen molar-refractivity contribution in [3.63, 3.8) is 0 Å². The second-order valence-electron chi connectivity index (χ2n) is 5.56. The molecule has 1 aliphatic rings. The Morgan fingerprint density at radius 3 is 2.28 bits per heavy atom. The Labute approximate surface area is 115 Å². The number of likely N-dealkylation sites (tertiary alicyclic amines) is 1. The monoisotopic (exact) mass is 266 g/mol. The molecule has 0 bridgehead atoms. The highest BCUT2D eigenvalue weighted by Crippen LogP contribution is 2.38. The minimum absolute atomic E-state index is 0.633. The van der Waals surface area contributed by atoms with Gasteiger partial charge in [0, 0.05) is 22.8 Å². The third-order valence-electron chi connectivity index (χ3n) is 4.71. The number of nitrogens with two attached hydrogens (primary N) is 1. The normalized spacial score (nSPS) is 20.2. The van der Waals surface area contributed by atoms with E-state index in [0.29, 0.717) is 12.0 Å². The number of hydrogen-bond donors (Lipinski definition) is 1. The number of hydrogen-bond acceptors (Lipinski definition) is 3. The van der Waals surface area contributed by atoms with Gasteiger partial charge in [0.1, 0.15) is 0 Å². The number of piperidine rings is 1. The number of nitrogens with zero attached hydrogens (tertiary/aromatic N) is 1. The summed E-state index contributed by atoms with van der Waals surface area (Å²) in [4.78, 5) is 5.38. The van der Waals surface area contributed by atoms with Crippen LogP contribution in [0.1, 0.15) is 49.3 Å². The zero-order valence-electron chi connectivity index (χ0n) is 11.7. The Morgan fingerprint density at radius 2 is 1.78 bits per heavy atom. The van der Waals surface area contributed by atoms with Gasteiger partial charge in [-0.15, -0.1) is 11.3 Å². The van der Waals surface area contributed by atoms with Crippen LogP contribution in [0, 0.1) is 5.41 Å². The highest BCUT2D eigenvalue weighted by atomic mass is 32.1. The van der Waals surface area contributed by atoms with Crippen LogP contribution < -0.4 is 5.73 Å². The van der Waals surface area contributed by atoms with E-state index in [1.807, 2.05) is 11.3 Å². The molecule has 2 heterocycles. The SMILES string of the molecule is CCC1(CC)CCN(Cc2ccc(CN)s2)CC1. The van der Waals surface area contributed by atoms with E-state index >= 15 is 0 Å². The van der Waals surface area contributed by atoms with Crippen LogP contribution in [0.25, 0.3) is 0 Å². The molecule has 102 valence electrons. The highest BCUT2D eigenvalue weighted by Gasteiger charge is 2.31. The summed E-state index contributed by atoms with van der Waals surface area (Å²) >= 11 is 1.87. The van der Waals surface area contributed by atoms with Gasteiger partial charge in [-0.05, 0) is 43.5 Å². The molecule has 0 unspecified atom stereocenters. The smallest absolute Gasteiger partial charge is 0.0328 e. The summed E-state index contributed by atoms with van der Waals surface area (Å²) in [6.07, 6.45) is 5.42. The van der Waals surface area contributed by atoms with Crippen LogP contribution in [0.2, 0.25) is 0 Å². The second-order valence-corrected chi connectivity index (χ2v) is 6.81. The first kappa shape index (κ1) is 14.0. The third-order valence-corrected chi connectivity index (χ3v) is 5.81. The van der Waals surface area contributed by atoms with Crippen molar-refractivity contribution in [3.05, 3.63) is 21.9 Å². The largest absolute Gasteiger partial charge is 0.326 e. The average molecular weight is 266 g/mol. The lowest BCUT2D eigenvalue weighted by atomic mass is 9.74. The summed E-state index contributed by atoms with van der Waals surface area (Å²) in [5.41, 5.74) is 6.30. The maximum atomic E-state index is 5.66. The predicted molar refractivity (Wildman–Crippen MR) is 79.7 cm³/mol. The molecular formula is C15H26N2S. The quantitative estimate of drug-likeness (QED) is 0.882. The zero-order valence-corrected chi connectivity index (χ0v) is 12.6. The summed E-state index contributed by atoms with van der Waals surface area (Å²) in [5.74, 6) is 0. The van der Waals surface area contributed by atoms with E-state index in [1.54, 1.807) is 0 Å². The van der Waals surface area contributed by atoms with Crippen molar-refractivity contribution in [1.82, 2.24) is 4.90 Å². The molecular weight excluding hydrogens is 240 g/mol. The van der Waals surface area contributed by atoms with Gasteiger partial charge in [0.2, 0.25) is 0 Å². The molecule has 0 atom stereocenters. The van der Waals surface area contributed by atoms with Gasteiger partial charge in [-0.3, -0.25) is 4.90 Å². The van der Waals surface area contributed by atoms with Gasteiger partial charge in [0.15, 0.2) is 0 Å². The van der Waals surface area contributed by atoms with Gasteiger partial charge < -0.3 is 5.73 Å². The van der Waals surface area contributed by atoms with Crippen molar-refractivity contribution in [3.8, 4) is 0 Å². The van der Waals surface area contributed by atoms with E-state index in [9.17, 15) is 0 Å². The van der Waals surface area contributed by atoms with E-state index in [-0.39, 0.29) is 0 Å². The first-order chi connectivity index (χ1) is 8.71. The van der Waals surface area contributed by atoms with Gasteiger partial charge in [0.05, 0.1) is 0 Å². The average Bonchev–Trinajstić information content (AvgIpc) is 2.88. The van der Waals surface area contributed by atoms with E-state index in [1.165, 1.54) is 48.5 Å². The van der Waals surface area contributed by atoms with Crippen LogP contribution in [0.5, 0.6) is 0 Å². The first-order valence-corrected chi connectivity index (χ1v) is 8.03. The second kappa shape index (κ2) is 6.18. The number of rotatable bonds is 5. The molecule has 1 aromatic rings. The van der Waals surface area contributed by atoms with Crippen molar-refractivity contribution < 1.29 is 0 Å². The molecule has 1 saturated heterocycles.